The van der Waals surface area contributed by atoms with E-state index < -0.39 is 6.10 Å². The highest BCUT2D eigenvalue weighted by Gasteiger charge is 2.37. The lowest BCUT2D eigenvalue weighted by atomic mass is 9.85. The minimum atomic E-state index is -0.629. The molecule has 1 heterocycles. The summed E-state index contributed by atoms with van der Waals surface area (Å²) in [6.07, 6.45) is 3.53. The van der Waals surface area contributed by atoms with Crippen LogP contribution in [0.4, 0.5) is 5.69 Å². The Kier molecular flexibility index (Phi) is 5.11. The molecule has 0 amide bonds. The molecule has 3 N–H and O–H groups in total. The van der Waals surface area contributed by atoms with Crippen molar-refractivity contribution in [3.63, 3.8) is 0 Å². The number of pyridine rings is 1. The normalized spacial score (nSPS) is 16.6. The molecule has 0 spiro atoms. The van der Waals surface area contributed by atoms with Gasteiger partial charge in [0.25, 0.3) is 0 Å². The molecule has 2 unspecified atom stereocenters. The number of nitrogens with two attached hydrogens (primary N) is 1. The second-order valence-electron chi connectivity index (χ2n) is 4.79. The zero-order valence-electron chi connectivity index (χ0n) is 11.8. The van der Waals surface area contributed by atoms with Crippen LogP contribution in [-0.2, 0) is 0 Å². The molecule has 1 rings (SSSR count). The highest BCUT2D eigenvalue weighted by Crippen LogP contribution is 2.35. The third-order valence-electron chi connectivity index (χ3n) is 3.97. The predicted molar refractivity (Wildman–Crippen MR) is 75.2 cm³/mol. The van der Waals surface area contributed by atoms with Crippen LogP contribution < -0.4 is 5.73 Å². The molecule has 0 saturated carbocycles. The molecule has 1 aromatic heterocycles. The third kappa shape index (κ3) is 2.65. The van der Waals surface area contributed by atoms with E-state index >= 15 is 0 Å². The molecule has 4 heteroatoms. The molecular weight excluding hydrogens is 226 g/mol. The Hall–Kier alpha value is -1.13. The number of aliphatic hydroxyl groups is 1. The Labute approximate surface area is 110 Å². The Morgan fingerprint density at radius 1 is 1.39 bits per heavy atom. The zero-order valence-corrected chi connectivity index (χ0v) is 11.8. The van der Waals surface area contributed by atoms with E-state index in [0.29, 0.717) is 11.3 Å². The van der Waals surface area contributed by atoms with Gasteiger partial charge in [0.05, 0.1) is 0 Å². The lowest BCUT2D eigenvalue weighted by Gasteiger charge is -2.43. The van der Waals surface area contributed by atoms with Gasteiger partial charge in [0.15, 0.2) is 0 Å². The highest BCUT2D eigenvalue weighted by molar-refractivity contribution is 5.46. The van der Waals surface area contributed by atoms with Gasteiger partial charge in [0, 0.05) is 29.2 Å². The molecule has 0 aliphatic heterocycles. The number of likely N-dealkylation sites (N-methyl/N-ethyl adjacent to an activating group) is 1. The van der Waals surface area contributed by atoms with Crippen LogP contribution in [0.3, 0.4) is 0 Å². The Bertz CT molecular complexity index is 379. The first-order valence-corrected chi connectivity index (χ1v) is 6.63. The monoisotopic (exact) mass is 251 g/mol. The highest BCUT2D eigenvalue weighted by atomic mass is 16.3. The standard InChI is InChI=1S/C14H25N3O/c1-5-14(4,17(6-2)7-3)13(18)11-10-16-9-8-12(11)15/h8-10,13,18H,5-7H2,1-4H3,(H2,15,16). The van der Waals surface area contributed by atoms with Crippen molar-refractivity contribution >= 4 is 5.69 Å². The van der Waals surface area contributed by atoms with Gasteiger partial charge in [0.1, 0.15) is 6.10 Å². The van der Waals surface area contributed by atoms with Crippen LogP contribution in [0.5, 0.6) is 0 Å². The number of nitrogen functional groups attached to an aromatic ring is 1. The van der Waals surface area contributed by atoms with Crippen molar-refractivity contribution in [2.45, 2.75) is 45.8 Å². The summed E-state index contributed by atoms with van der Waals surface area (Å²) >= 11 is 0. The minimum Gasteiger partial charge on any atom is -0.398 e. The second-order valence-corrected chi connectivity index (χ2v) is 4.79. The first-order valence-electron chi connectivity index (χ1n) is 6.63. The summed E-state index contributed by atoms with van der Waals surface area (Å²) in [5, 5.41) is 10.7. The molecule has 2 atom stereocenters. The van der Waals surface area contributed by atoms with Crippen LogP contribution in [0, 0.1) is 0 Å². The molecule has 0 bridgehead atoms. The topological polar surface area (TPSA) is 62.4 Å². The van der Waals surface area contributed by atoms with E-state index in [-0.39, 0.29) is 5.54 Å². The average Bonchev–Trinajstić information content (AvgIpc) is 2.39. The molecule has 102 valence electrons. The van der Waals surface area contributed by atoms with Gasteiger partial charge in [-0.05, 0) is 32.5 Å². The number of aromatic nitrogens is 1. The number of nitrogens with zero attached hydrogens (tertiary/aromatic N) is 2. The molecule has 4 nitrogen and oxygen atoms in total. The summed E-state index contributed by atoms with van der Waals surface area (Å²) in [5.41, 5.74) is 6.94. The van der Waals surface area contributed by atoms with Crippen LogP contribution in [0.1, 0.15) is 45.8 Å². The SMILES string of the molecule is CCN(CC)C(C)(CC)C(O)c1cnccc1N. The van der Waals surface area contributed by atoms with E-state index in [1.165, 1.54) is 0 Å². The Morgan fingerprint density at radius 3 is 2.44 bits per heavy atom. The van der Waals surface area contributed by atoms with Crippen LogP contribution in [0.2, 0.25) is 0 Å². The minimum absolute atomic E-state index is 0.319. The van der Waals surface area contributed by atoms with Gasteiger partial charge in [-0.2, -0.15) is 0 Å². The summed E-state index contributed by atoms with van der Waals surface area (Å²) in [5.74, 6) is 0. The Morgan fingerprint density at radius 2 is 2.00 bits per heavy atom. The molecule has 1 aromatic rings. The maximum atomic E-state index is 10.7. The third-order valence-corrected chi connectivity index (χ3v) is 3.97. The van der Waals surface area contributed by atoms with Crippen molar-refractivity contribution in [1.82, 2.24) is 9.88 Å². The zero-order chi connectivity index (χ0) is 13.8. The van der Waals surface area contributed by atoms with Crippen LogP contribution in [0.25, 0.3) is 0 Å². The van der Waals surface area contributed by atoms with Crippen molar-refractivity contribution in [1.29, 1.82) is 0 Å². The number of aliphatic hydroxyl groups excluding tert-OH is 1. The van der Waals surface area contributed by atoms with E-state index in [1.807, 2.05) is 0 Å². The number of rotatable bonds is 6. The lowest BCUT2D eigenvalue weighted by molar-refractivity contribution is -0.0211. The van der Waals surface area contributed by atoms with E-state index in [2.05, 4.69) is 37.6 Å². The molecule has 0 aliphatic carbocycles. The van der Waals surface area contributed by atoms with Gasteiger partial charge in [-0.25, -0.2) is 0 Å². The van der Waals surface area contributed by atoms with Gasteiger partial charge in [0.2, 0.25) is 0 Å². The number of hydrogen-bond acceptors (Lipinski definition) is 4. The number of anilines is 1. The fraction of sp³-hybridized carbons (Fsp3) is 0.643. The summed E-state index contributed by atoms with van der Waals surface area (Å²) < 4.78 is 0. The summed E-state index contributed by atoms with van der Waals surface area (Å²) in [6, 6.07) is 1.73. The smallest absolute Gasteiger partial charge is 0.101 e. The van der Waals surface area contributed by atoms with Crippen LogP contribution in [-0.4, -0.2) is 33.6 Å². The van der Waals surface area contributed by atoms with Gasteiger partial charge in [-0.3, -0.25) is 9.88 Å². The van der Waals surface area contributed by atoms with Crippen LogP contribution in [0.15, 0.2) is 18.5 Å². The molecule has 0 saturated heterocycles. The fourth-order valence-corrected chi connectivity index (χ4v) is 2.52. The average molecular weight is 251 g/mol. The lowest BCUT2D eigenvalue weighted by Crippen LogP contribution is -2.50. The molecule has 0 aromatic carbocycles. The van der Waals surface area contributed by atoms with E-state index in [4.69, 9.17) is 5.73 Å². The van der Waals surface area contributed by atoms with E-state index in [0.717, 1.165) is 19.5 Å². The molecule has 0 fully saturated rings. The van der Waals surface area contributed by atoms with E-state index in [9.17, 15) is 5.11 Å². The summed E-state index contributed by atoms with van der Waals surface area (Å²) in [4.78, 5) is 6.33. The molecule has 18 heavy (non-hydrogen) atoms. The predicted octanol–water partition coefficient (Wildman–Crippen LogP) is 2.21. The van der Waals surface area contributed by atoms with Crippen molar-refractivity contribution in [3.8, 4) is 0 Å². The maximum absolute atomic E-state index is 10.7. The van der Waals surface area contributed by atoms with Gasteiger partial charge in [-0.1, -0.05) is 20.8 Å². The van der Waals surface area contributed by atoms with Gasteiger partial charge >= 0.3 is 0 Å². The van der Waals surface area contributed by atoms with Gasteiger partial charge < -0.3 is 10.8 Å². The fourth-order valence-electron chi connectivity index (χ4n) is 2.52. The molecule has 0 aliphatic rings. The molecular formula is C14H25N3O. The van der Waals surface area contributed by atoms with Crippen molar-refractivity contribution < 1.29 is 5.11 Å². The van der Waals surface area contributed by atoms with Crippen LogP contribution >= 0.6 is 0 Å². The summed E-state index contributed by atoms with van der Waals surface area (Å²) in [6.45, 7) is 10.2. The van der Waals surface area contributed by atoms with Crippen molar-refractivity contribution in [2.24, 2.45) is 0 Å². The number of hydrogen-bond donors (Lipinski definition) is 2. The quantitative estimate of drug-likeness (QED) is 0.813. The van der Waals surface area contributed by atoms with E-state index in [1.54, 1.807) is 18.5 Å². The maximum Gasteiger partial charge on any atom is 0.101 e. The second kappa shape index (κ2) is 6.16. The van der Waals surface area contributed by atoms with Crippen molar-refractivity contribution in [2.75, 3.05) is 18.8 Å². The Balaban J connectivity index is 3.12. The first kappa shape index (κ1) is 14.9. The van der Waals surface area contributed by atoms with Crippen molar-refractivity contribution in [3.05, 3.63) is 24.0 Å². The largest absolute Gasteiger partial charge is 0.398 e. The molecule has 0 radical (unpaired) electrons. The summed E-state index contributed by atoms with van der Waals surface area (Å²) in [7, 11) is 0. The first-order chi connectivity index (χ1) is 8.51. The van der Waals surface area contributed by atoms with Gasteiger partial charge in [-0.15, -0.1) is 0 Å².